The highest BCUT2D eigenvalue weighted by Gasteiger charge is 2.31. The van der Waals surface area contributed by atoms with Gasteiger partial charge in [0.25, 0.3) is 0 Å². The van der Waals surface area contributed by atoms with Crippen molar-refractivity contribution in [2.75, 3.05) is 22.5 Å². The molecule has 6 nitrogen and oxygen atoms in total. The lowest BCUT2D eigenvalue weighted by atomic mass is 9.92. The number of fused-ring (bicyclic) bond motifs is 1. The van der Waals surface area contributed by atoms with Crippen LogP contribution in [-0.4, -0.2) is 24.4 Å². The summed E-state index contributed by atoms with van der Waals surface area (Å²) in [4.78, 5) is 25.1. The number of benzene rings is 1. The fourth-order valence-corrected chi connectivity index (χ4v) is 3.21. The van der Waals surface area contributed by atoms with E-state index in [1.807, 2.05) is 12.1 Å². The monoisotopic (exact) mass is 288 g/mol. The second-order valence-corrected chi connectivity index (χ2v) is 5.97. The van der Waals surface area contributed by atoms with E-state index >= 15 is 0 Å². The molecule has 0 radical (unpaired) electrons. The fourth-order valence-electron chi connectivity index (χ4n) is 3.21. The summed E-state index contributed by atoms with van der Waals surface area (Å²) in [6.45, 7) is 2.69. The van der Waals surface area contributed by atoms with E-state index < -0.39 is 0 Å². The van der Waals surface area contributed by atoms with Crippen molar-refractivity contribution in [1.82, 2.24) is 0 Å². The van der Waals surface area contributed by atoms with Crippen molar-refractivity contribution >= 4 is 28.9 Å². The maximum Gasteiger partial charge on any atom is 0.228 e. The molecule has 1 fully saturated rings. The quantitative estimate of drug-likeness (QED) is 0.702. The molecule has 0 bridgehead atoms. The number of rotatable bonds is 2. The first kappa shape index (κ1) is 13.7. The molecule has 1 aromatic carbocycles. The number of carbonyl (C=O) groups is 2. The summed E-state index contributed by atoms with van der Waals surface area (Å²) in [7, 11) is 0. The van der Waals surface area contributed by atoms with Gasteiger partial charge in [-0.15, -0.1) is 0 Å². The molecular formula is C15H20N4O2. The Morgan fingerprint density at radius 2 is 2.14 bits per heavy atom. The number of amides is 2. The highest BCUT2D eigenvalue weighted by Crippen LogP contribution is 2.37. The van der Waals surface area contributed by atoms with Crippen LogP contribution in [0.3, 0.4) is 0 Å². The van der Waals surface area contributed by atoms with Gasteiger partial charge in [0.05, 0.1) is 23.7 Å². The molecule has 1 aromatic rings. The van der Waals surface area contributed by atoms with Crippen molar-refractivity contribution in [1.29, 1.82) is 0 Å². The summed E-state index contributed by atoms with van der Waals surface area (Å²) < 4.78 is 0. The van der Waals surface area contributed by atoms with Gasteiger partial charge in [-0.2, -0.15) is 0 Å². The third-order valence-corrected chi connectivity index (χ3v) is 4.47. The van der Waals surface area contributed by atoms with E-state index in [9.17, 15) is 9.59 Å². The summed E-state index contributed by atoms with van der Waals surface area (Å²) in [5.41, 5.74) is 14.9. The SMILES string of the molecule is CC1CCC(C(N)=O)CN1c1cc2c(cc1N)CC(=O)N2. The standard InChI is InChI=1S/C15H20N4O2/c1-8-2-3-9(15(17)21)7-19(8)13-6-12-10(4-11(13)16)5-14(20)18-12/h4,6,8-9H,2-3,5,7,16H2,1H3,(H2,17,21)(H,18,20). The Kier molecular flexibility index (Phi) is 3.23. The van der Waals surface area contributed by atoms with Gasteiger partial charge in [0.15, 0.2) is 0 Å². The third-order valence-electron chi connectivity index (χ3n) is 4.47. The highest BCUT2D eigenvalue weighted by molar-refractivity contribution is 6.01. The predicted octanol–water partition coefficient (Wildman–Crippen LogP) is 0.854. The minimum Gasteiger partial charge on any atom is -0.397 e. The molecule has 0 saturated carbocycles. The Labute approximate surface area is 123 Å². The van der Waals surface area contributed by atoms with Crippen molar-refractivity contribution in [2.24, 2.45) is 11.7 Å². The van der Waals surface area contributed by atoms with Gasteiger partial charge in [0.1, 0.15) is 0 Å². The zero-order chi connectivity index (χ0) is 15.1. The van der Waals surface area contributed by atoms with Crippen molar-refractivity contribution in [3.8, 4) is 0 Å². The number of hydrogen-bond donors (Lipinski definition) is 3. The topological polar surface area (TPSA) is 101 Å². The van der Waals surface area contributed by atoms with E-state index in [2.05, 4.69) is 17.1 Å². The molecule has 21 heavy (non-hydrogen) atoms. The van der Waals surface area contributed by atoms with Crippen LogP contribution < -0.4 is 21.7 Å². The molecule has 3 rings (SSSR count). The molecular weight excluding hydrogens is 268 g/mol. The minimum atomic E-state index is -0.264. The van der Waals surface area contributed by atoms with Crippen LogP contribution in [0, 0.1) is 5.92 Å². The van der Waals surface area contributed by atoms with Gasteiger partial charge in [-0.05, 0) is 37.5 Å². The van der Waals surface area contributed by atoms with Gasteiger partial charge < -0.3 is 21.7 Å². The number of anilines is 3. The van der Waals surface area contributed by atoms with Crippen molar-refractivity contribution in [3.05, 3.63) is 17.7 Å². The number of nitrogens with one attached hydrogen (secondary N) is 1. The van der Waals surface area contributed by atoms with Crippen LogP contribution in [0.1, 0.15) is 25.3 Å². The molecule has 5 N–H and O–H groups in total. The molecule has 112 valence electrons. The first-order chi connectivity index (χ1) is 9.95. The number of nitrogens with zero attached hydrogens (tertiary/aromatic N) is 1. The Balaban J connectivity index is 1.94. The number of piperidine rings is 1. The highest BCUT2D eigenvalue weighted by atomic mass is 16.2. The lowest BCUT2D eigenvalue weighted by molar-refractivity contribution is -0.122. The molecule has 2 heterocycles. The Morgan fingerprint density at radius 1 is 1.38 bits per heavy atom. The van der Waals surface area contributed by atoms with E-state index in [0.29, 0.717) is 18.7 Å². The lowest BCUT2D eigenvalue weighted by Gasteiger charge is -2.39. The second kappa shape index (κ2) is 4.95. The maximum atomic E-state index is 11.5. The van der Waals surface area contributed by atoms with Gasteiger partial charge in [-0.25, -0.2) is 0 Å². The molecule has 1 saturated heterocycles. The molecule has 0 aliphatic carbocycles. The molecule has 0 spiro atoms. The third kappa shape index (κ3) is 2.41. The maximum absolute atomic E-state index is 11.5. The first-order valence-corrected chi connectivity index (χ1v) is 7.24. The number of carbonyl (C=O) groups excluding carboxylic acids is 2. The summed E-state index contributed by atoms with van der Waals surface area (Å²) in [5.74, 6) is -0.424. The largest absolute Gasteiger partial charge is 0.397 e. The van der Waals surface area contributed by atoms with Gasteiger partial charge in [-0.3, -0.25) is 9.59 Å². The molecule has 2 unspecified atom stereocenters. The van der Waals surface area contributed by atoms with Gasteiger partial charge in [0.2, 0.25) is 11.8 Å². The summed E-state index contributed by atoms with van der Waals surface area (Å²) in [6, 6.07) is 4.05. The Morgan fingerprint density at radius 3 is 2.86 bits per heavy atom. The second-order valence-electron chi connectivity index (χ2n) is 5.97. The van der Waals surface area contributed by atoms with E-state index in [4.69, 9.17) is 11.5 Å². The van der Waals surface area contributed by atoms with Gasteiger partial charge in [-0.1, -0.05) is 0 Å². The van der Waals surface area contributed by atoms with Crippen LogP contribution in [-0.2, 0) is 16.0 Å². The van der Waals surface area contributed by atoms with Crippen LogP contribution in [0.25, 0.3) is 0 Å². The average Bonchev–Trinajstić information content (AvgIpc) is 2.77. The molecule has 6 heteroatoms. The molecule has 0 aromatic heterocycles. The van der Waals surface area contributed by atoms with Crippen molar-refractivity contribution in [3.63, 3.8) is 0 Å². The summed E-state index contributed by atoms with van der Waals surface area (Å²) in [5, 5.41) is 2.84. The smallest absolute Gasteiger partial charge is 0.228 e. The normalized spacial score (nSPS) is 24.6. The van der Waals surface area contributed by atoms with Gasteiger partial charge in [0, 0.05) is 18.3 Å². The fraction of sp³-hybridized carbons (Fsp3) is 0.467. The van der Waals surface area contributed by atoms with Crippen molar-refractivity contribution in [2.45, 2.75) is 32.2 Å². The lowest BCUT2D eigenvalue weighted by Crippen LogP contribution is -2.46. The van der Waals surface area contributed by atoms with Crippen LogP contribution >= 0.6 is 0 Å². The number of hydrogen-bond acceptors (Lipinski definition) is 4. The van der Waals surface area contributed by atoms with Crippen LogP contribution in [0.15, 0.2) is 12.1 Å². The zero-order valence-electron chi connectivity index (χ0n) is 12.1. The van der Waals surface area contributed by atoms with E-state index in [0.717, 1.165) is 29.8 Å². The minimum absolute atomic E-state index is 0.0109. The number of nitrogen functional groups attached to an aromatic ring is 1. The van der Waals surface area contributed by atoms with Crippen molar-refractivity contribution < 1.29 is 9.59 Å². The molecule has 2 atom stereocenters. The van der Waals surface area contributed by atoms with Crippen LogP contribution in [0.2, 0.25) is 0 Å². The molecule has 2 aliphatic rings. The predicted molar refractivity (Wildman–Crippen MR) is 81.9 cm³/mol. The van der Waals surface area contributed by atoms with E-state index in [-0.39, 0.29) is 23.8 Å². The van der Waals surface area contributed by atoms with Crippen LogP contribution in [0.5, 0.6) is 0 Å². The molecule has 2 aliphatic heterocycles. The first-order valence-electron chi connectivity index (χ1n) is 7.24. The number of primary amides is 1. The van der Waals surface area contributed by atoms with E-state index in [1.165, 1.54) is 0 Å². The zero-order valence-corrected chi connectivity index (χ0v) is 12.1. The van der Waals surface area contributed by atoms with Crippen LogP contribution in [0.4, 0.5) is 17.1 Å². The van der Waals surface area contributed by atoms with Gasteiger partial charge >= 0.3 is 0 Å². The Bertz CT molecular complexity index is 614. The average molecular weight is 288 g/mol. The van der Waals surface area contributed by atoms with E-state index in [1.54, 1.807) is 0 Å². The summed E-state index contributed by atoms with van der Waals surface area (Å²) in [6.07, 6.45) is 2.09. The Hall–Kier alpha value is -2.24. The number of nitrogens with two attached hydrogens (primary N) is 2. The summed E-state index contributed by atoms with van der Waals surface area (Å²) >= 11 is 0. The molecule has 2 amide bonds.